The Morgan fingerprint density at radius 2 is 1.94 bits per heavy atom. The van der Waals surface area contributed by atoms with E-state index >= 15 is 0 Å². The first-order valence-electron chi connectivity index (χ1n) is 6.91. The van der Waals surface area contributed by atoms with E-state index in [0.717, 1.165) is 44.9 Å². The van der Waals surface area contributed by atoms with Crippen molar-refractivity contribution in [3.8, 4) is 0 Å². The molecule has 0 heterocycles. The molecule has 0 saturated heterocycles. The number of aliphatic hydroxyl groups is 3. The van der Waals surface area contributed by atoms with E-state index in [-0.39, 0.29) is 38.8 Å². The second-order valence-corrected chi connectivity index (χ2v) is 4.92. The van der Waals surface area contributed by atoms with Crippen molar-refractivity contribution in [1.82, 2.24) is 0 Å². The minimum absolute atomic E-state index is 0. The summed E-state index contributed by atoms with van der Waals surface area (Å²) < 4.78 is 0. The van der Waals surface area contributed by atoms with Gasteiger partial charge in [-0.3, -0.25) is 0 Å². The van der Waals surface area contributed by atoms with Gasteiger partial charge in [-0.1, -0.05) is 38.7 Å². The van der Waals surface area contributed by atoms with Gasteiger partial charge in [0.2, 0.25) is 0 Å². The summed E-state index contributed by atoms with van der Waals surface area (Å²) in [6, 6.07) is 0. The van der Waals surface area contributed by atoms with Crippen molar-refractivity contribution in [1.29, 1.82) is 0 Å². The Bertz CT molecular complexity index is 163. The molecule has 1 fully saturated rings. The molecule has 0 bridgehead atoms. The van der Waals surface area contributed by atoms with Crippen molar-refractivity contribution >= 4 is 0 Å². The fourth-order valence-corrected chi connectivity index (χ4v) is 2.13. The van der Waals surface area contributed by atoms with Crippen LogP contribution in [-0.4, -0.2) is 34.1 Å². The van der Waals surface area contributed by atoms with Crippen LogP contribution in [0, 0.1) is 12.8 Å². The molecule has 1 aliphatic carbocycles. The Morgan fingerprint density at radius 3 is 2.28 bits per heavy atom. The molecule has 3 atom stereocenters. The quantitative estimate of drug-likeness (QED) is 0.653. The molecule has 1 aliphatic rings. The summed E-state index contributed by atoms with van der Waals surface area (Å²) in [4.78, 5) is 0. The Morgan fingerprint density at radius 1 is 1.28 bits per heavy atom. The van der Waals surface area contributed by atoms with Gasteiger partial charge in [-0.05, 0) is 31.6 Å². The first-order chi connectivity index (χ1) is 8.11. The molecule has 1 saturated carbocycles. The van der Waals surface area contributed by atoms with Crippen molar-refractivity contribution in [2.45, 2.75) is 70.5 Å². The topological polar surface area (TPSA) is 60.7 Å². The summed E-state index contributed by atoms with van der Waals surface area (Å²) in [5.41, 5.74) is 0. The van der Waals surface area contributed by atoms with Crippen molar-refractivity contribution < 1.29 is 48.0 Å². The number of hydrogen-bond donors (Lipinski definition) is 3. The molecule has 0 amide bonds. The fraction of sp³-hybridized carbons (Fsp3) is 0.929. The smallest absolute Gasteiger partial charge is 0.0568 e. The molecule has 4 heteroatoms. The normalized spacial score (nSPS) is 23.8. The number of hydrogen-bond acceptors (Lipinski definition) is 3. The van der Waals surface area contributed by atoms with Crippen LogP contribution in [0.4, 0.5) is 0 Å². The van der Waals surface area contributed by atoms with Crippen LogP contribution in [0.3, 0.4) is 0 Å². The molecule has 0 aromatic carbocycles. The van der Waals surface area contributed by atoms with E-state index in [1.807, 2.05) is 0 Å². The maximum Gasteiger partial charge on any atom is 0.0568 e. The van der Waals surface area contributed by atoms with Gasteiger partial charge in [0.25, 0.3) is 0 Å². The Kier molecular flexibility index (Phi) is 17.0. The van der Waals surface area contributed by atoms with Crippen molar-refractivity contribution in [2.24, 2.45) is 5.92 Å². The molecule has 18 heavy (non-hydrogen) atoms. The van der Waals surface area contributed by atoms with Crippen LogP contribution in [0.2, 0.25) is 0 Å². The molecule has 3 unspecified atom stereocenters. The number of unbranched alkanes of at least 4 members (excludes halogenated alkanes) is 1. The molecule has 0 aromatic heterocycles. The molecule has 1 radical (unpaired) electrons. The van der Waals surface area contributed by atoms with Gasteiger partial charge < -0.3 is 22.2 Å². The summed E-state index contributed by atoms with van der Waals surface area (Å²) >= 11 is 0. The molecular formula is C14H29O3Y-. The summed E-state index contributed by atoms with van der Waals surface area (Å²) in [6.07, 6.45) is 7.64. The van der Waals surface area contributed by atoms with Crippen LogP contribution in [-0.2, 0) is 32.7 Å². The van der Waals surface area contributed by atoms with Gasteiger partial charge in [-0.25, -0.2) is 0 Å². The van der Waals surface area contributed by atoms with Crippen LogP contribution < -0.4 is 0 Å². The zero-order valence-corrected chi connectivity index (χ0v) is 14.6. The van der Waals surface area contributed by atoms with Crippen LogP contribution >= 0.6 is 0 Å². The number of aliphatic hydroxyl groups excluding tert-OH is 3. The largest absolute Gasteiger partial charge is 0.425 e. The maximum atomic E-state index is 9.48. The van der Waals surface area contributed by atoms with Crippen LogP contribution in [0.15, 0.2) is 0 Å². The van der Waals surface area contributed by atoms with E-state index in [1.165, 1.54) is 6.42 Å². The van der Waals surface area contributed by atoms with E-state index in [9.17, 15) is 5.11 Å². The third-order valence-corrected chi connectivity index (χ3v) is 3.24. The first-order valence-corrected chi connectivity index (χ1v) is 6.91. The van der Waals surface area contributed by atoms with Crippen molar-refractivity contribution in [3.05, 3.63) is 6.92 Å². The van der Waals surface area contributed by atoms with E-state index < -0.39 is 6.10 Å². The van der Waals surface area contributed by atoms with Crippen LogP contribution in [0.25, 0.3) is 0 Å². The summed E-state index contributed by atoms with van der Waals surface area (Å²) in [7, 11) is 0. The molecule has 3 N–H and O–H groups in total. The van der Waals surface area contributed by atoms with Gasteiger partial charge >= 0.3 is 0 Å². The molecular weight excluding hydrogens is 305 g/mol. The average Bonchev–Trinajstić information content (AvgIpc) is 2.66. The molecule has 0 aromatic rings. The van der Waals surface area contributed by atoms with Crippen LogP contribution in [0.5, 0.6) is 0 Å². The third-order valence-electron chi connectivity index (χ3n) is 3.24. The van der Waals surface area contributed by atoms with Crippen molar-refractivity contribution in [2.75, 3.05) is 6.61 Å². The Balaban J connectivity index is 0. The van der Waals surface area contributed by atoms with E-state index in [1.54, 1.807) is 0 Å². The van der Waals surface area contributed by atoms with Gasteiger partial charge in [-0.15, -0.1) is 0 Å². The predicted molar refractivity (Wildman–Crippen MR) is 70.6 cm³/mol. The van der Waals surface area contributed by atoms with Gasteiger partial charge in [0.15, 0.2) is 0 Å². The van der Waals surface area contributed by atoms with Gasteiger partial charge in [0, 0.05) is 39.3 Å². The molecule has 0 aliphatic heterocycles. The Hall–Kier alpha value is 0.984. The minimum atomic E-state index is -0.427. The molecule has 3 nitrogen and oxygen atoms in total. The van der Waals surface area contributed by atoms with Crippen molar-refractivity contribution in [3.63, 3.8) is 0 Å². The second kappa shape index (κ2) is 14.4. The molecule has 107 valence electrons. The predicted octanol–water partition coefficient (Wildman–Crippen LogP) is 2.29. The average molecular weight is 334 g/mol. The maximum absolute atomic E-state index is 9.48. The van der Waals surface area contributed by atoms with Gasteiger partial charge in [0.05, 0.1) is 6.10 Å². The van der Waals surface area contributed by atoms with Gasteiger partial charge in [-0.2, -0.15) is 0 Å². The van der Waals surface area contributed by atoms with E-state index in [2.05, 4.69) is 13.8 Å². The third kappa shape index (κ3) is 12.0. The first kappa shape index (κ1) is 21.3. The number of rotatable bonds is 6. The standard InChI is InChI=1S/C10H19O2.C4H10O.Y/c1-8(11)4-2-5-9-6-3-7-10(9)12;1-2-3-4-5;/h8-12H,1-7H2;5H,2-4H2,1H3;/q-1;;. The zero-order chi connectivity index (χ0) is 13.1. The summed E-state index contributed by atoms with van der Waals surface area (Å²) in [6.45, 7) is 5.91. The Labute approximate surface area is 137 Å². The zero-order valence-electron chi connectivity index (χ0n) is 11.7. The van der Waals surface area contributed by atoms with Gasteiger partial charge in [0.1, 0.15) is 0 Å². The summed E-state index contributed by atoms with van der Waals surface area (Å²) in [5.74, 6) is 0.490. The molecule has 1 rings (SSSR count). The fourth-order valence-electron chi connectivity index (χ4n) is 2.13. The van der Waals surface area contributed by atoms with E-state index in [0.29, 0.717) is 12.5 Å². The minimum Gasteiger partial charge on any atom is -0.425 e. The summed E-state index contributed by atoms with van der Waals surface area (Å²) in [5, 5.41) is 26.5. The SMILES string of the molecule is CCCCO.[CH2-]C(O)CCCC1CCCC1O.[Y]. The second-order valence-electron chi connectivity index (χ2n) is 4.92. The monoisotopic (exact) mass is 334 g/mol. The van der Waals surface area contributed by atoms with E-state index in [4.69, 9.17) is 10.2 Å². The molecule has 0 spiro atoms. The van der Waals surface area contributed by atoms with Crippen LogP contribution in [0.1, 0.15) is 58.3 Å².